The molecule has 92 valence electrons. The van der Waals surface area contributed by atoms with E-state index >= 15 is 0 Å². The van der Waals surface area contributed by atoms with E-state index in [0.717, 1.165) is 13.1 Å². The summed E-state index contributed by atoms with van der Waals surface area (Å²) in [4.78, 5) is 13.4. The molecule has 0 unspecified atom stereocenters. The molecule has 0 spiro atoms. The van der Waals surface area contributed by atoms with Crippen LogP contribution in [0.25, 0.3) is 0 Å². The van der Waals surface area contributed by atoms with E-state index in [-0.39, 0.29) is 5.91 Å². The molecule has 3 N–H and O–H groups in total. The van der Waals surface area contributed by atoms with Crippen LogP contribution in [-0.2, 0) is 4.79 Å². The Kier molecular flexibility index (Phi) is 3.22. The fourth-order valence-corrected chi connectivity index (χ4v) is 2.32. The third-order valence-electron chi connectivity index (χ3n) is 3.13. The maximum atomic E-state index is 11.1. The van der Waals surface area contributed by atoms with Gasteiger partial charge in [-0.15, -0.1) is 0 Å². The molecule has 2 rings (SSSR count). The molecule has 4 heteroatoms. The summed E-state index contributed by atoms with van der Waals surface area (Å²) in [6.07, 6.45) is 2.47. The molecule has 17 heavy (non-hydrogen) atoms. The lowest BCUT2D eigenvalue weighted by atomic mass is 10.1. The summed E-state index contributed by atoms with van der Waals surface area (Å²) in [5.41, 5.74) is 9.59. The van der Waals surface area contributed by atoms with E-state index in [4.69, 9.17) is 5.73 Å². The summed E-state index contributed by atoms with van der Waals surface area (Å²) in [6, 6.07) is 3.91. The van der Waals surface area contributed by atoms with Gasteiger partial charge < -0.3 is 16.0 Å². The Morgan fingerprint density at radius 3 is 2.59 bits per heavy atom. The molecule has 0 radical (unpaired) electrons. The quantitative estimate of drug-likeness (QED) is 0.769. The number of benzene rings is 1. The number of hydrogen-bond donors (Lipinski definition) is 2. The SMILES string of the molecule is CC(=O)Nc1cc(N2CCCC2)c(C)cc1N. The Balaban J connectivity index is 2.34. The molecule has 0 saturated carbocycles. The van der Waals surface area contributed by atoms with Gasteiger partial charge in [-0.1, -0.05) is 0 Å². The molecule has 1 saturated heterocycles. The van der Waals surface area contributed by atoms with Crippen molar-refractivity contribution >= 4 is 23.0 Å². The molecule has 1 aliphatic rings. The summed E-state index contributed by atoms with van der Waals surface area (Å²) in [7, 11) is 0. The molecule has 1 fully saturated rings. The van der Waals surface area contributed by atoms with Gasteiger partial charge in [0.15, 0.2) is 0 Å². The number of carbonyl (C=O) groups is 1. The van der Waals surface area contributed by atoms with Gasteiger partial charge in [-0.3, -0.25) is 4.79 Å². The molecule has 0 aromatic heterocycles. The maximum Gasteiger partial charge on any atom is 0.221 e. The molecule has 1 aromatic rings. The summed E-state index contributed by atoms with van der Waals surface area (Å²) >= 11 is 0. The topological polar surface area (TPSA) is 58.4 Å². The van der Waals surface area contributed by atoms with Gasteiger partial charge in [0.05, 0.1) is 11.4 Å². The predicted octanol–water partition coefficient (Wildman–Crippen LogP) is 2.14. The fraction of sp³-hybridized carbons (Fsp3) is 0.462. The number of rotatable bonds is 2. The van der Waals surface area contributed by atoms with Crippen LogP contribution in [0.15, 0.2) is 12.1 Å². The normalized spacial score (nSPS) is 15.1. The lowest BCUT2D eigenvalue weighted by Gasteiger charge is -2.22. The molecule has 1 aliphatic heterocycles. The van der Waals surface area contributed by atoms with Crippen molar-refractivity contribution < 1.29 is 4.79 Å². The monoisotopic (exact) mass is 233 g/mol. The van der Waals surface area contributed by atoms with Crippen molar-refractivity contribution in [3.63, 3.8) is 0 Å². The highest BCUT2D eigenvalue weighted by molar-refractivity contribution is 5.93. The van der Waals surface area contributed by atoms with Crippen LogP contribution >= 0.6 is 0 Å². The zero-order valence-corrected chi connectivity index (χ0v) is 10.4. The first-order valence-corrected chi connectivity index (χ1v) is 6.00. The van der Waals surface area contributed by atoms with E-state index in [1.807, 2.05) is 12.1 Å². The van der Waals surface area contributed by atoms with E-state index in [0.29, 0.717) is 11.4 Å². The van der Waals surface area contributed by atoms with Crippen molar-refractivity contribution in [1.29, 1.82) is 0 Å². The van der Waals surface area contributed by atoms with E-state index in [2.05, 4.69) is 17.1 Å². The van der Waals surface area contributed by atoms with E-state index in [1.54, 1.807) is 0 Å². The maximum absolute atomic E-state index is 11.1. The number of nitrogens with two attached hydrogens (primary N) is 1. The number of anilines is 3. The van der Waals surface area contributed by atoms with Gasteiger partial charge >= 0.3 is 0 Å². The van der Waals surface area contributed by atoms with Crippen LogP contribution in [0.2, 0.25) is 0 Å². The van der Waals surface area contributed by atoms with Crippen molar-refractivity contribution in [2.45, 2.75) is 26.7 Å². The van der Waals surface area contributed by atoms with Crippen LogP contribution in [-0.4, -0.2) is 19.0 Å². The molecule has 0 atom stereocenters. The van der Waals surface area contributed by atoms with Crippen LogP contribution in [0.5, 0.6) is 0 Å². The average Bonchev–Trinajstić information content (AvgIpc) is 2.74. The molecular weight excluding hydrogens is 214 g/mol. The van der Waals surface area contributed by atoms with Gasteiger partial charge in [0.1, 0.15) is 0 Å². The van der Waals surface area contributed by atoms with Crippen LogP contribution < -0.4 is 16.0 Å². The van der Waals surface area contributed by atoms with Gasteiger partial charge in [-0.2, -0.15) is 0 Å². The highest BCUT2D eigenvalue weighted by Crippen LogP contribution is 2.31. The largest absolute Gasteiger partial charge is 0.397 e. The standard InChI is InChI=1S/C13H19N3O/c1-9-7-11(14)12(15-10(2)17)8-13(9)16-5-3-4-6-16/h7-8H,3-6,14H2,1-2H3,(H,15,17). The minimum Gasteiger partial charge on any atom is -0.397 e. The lowest BCUT2D eigenvalue weighted by molar-refractivity contribution is -0.114. The van der Waals surface area contributed by atoms with Crippen LogP contribution in [0, 0.1) is 6.92 Å². The fourth-order valence-electron chi connectivity index (χ4n) is 2.32. The molecule has 1 amide bonds. The number of carbonyl (C=O) groups excluding carboxylic acids is 1. The molecule has 1 aromatic carbocycles. The smallest absolute Gasteiger partial charge is 0.221 e. The molecule has 4 nitrogen and oxygen atoms in total. The van der Waals surface area contributed by atoms with Gasteiger partial charge in [0.25, 0.3) is 0 Å². The summed E-state index contributed by atoms with van der Waals surface area (Å²) in [6.45, 7) is 5.73. The first-order chi connectivity index (χ1) is 8.08. The van der Waals surface area contributed by atoms with Crippen LogP contribution in [0.4, 0.5) is 17.1 Å². The first kappa shape index (κ1) is 11.8. The van der Waals surface area contributed by atoms with Crippen LogP contribution in [0.3, 0.4) is 0 Å². The third kappa shape index (κ3) is 2.52. The Morgan fingerprint density at radius 1 is 1.35 bits per heavy atom. The number of nitrogen functional groups attached to an aromatic ring is 1. The Labute approximate surface area is 102 Å². The zero-order chi connectivity index (χ0) is 12.4. The molecule has 0 bridgehead atoms. The van der Waals surface area contributed by atoms with E-state index in [9.17, 15) is 4.79 Å². The Bertz CT molecular complexity index is 437. The van der Waals surface area contributed by atoms with Gasteiger partial charge in [0, 0.05) is 25.7 Å². The number of aryl methyl sites for hydroxylation is 1. The molecule has 1 heterocycles. The van der Waals surface area contributed by atoms with Gasteiger partial charge in [-0.05, 0) is 37.5 Å². The van der Waals surface area contributed by atoms with Gasteiger partial charge in [-0.25, -0.2) is 0 Å². The molecule has 0 aliphatic carbocycles. The highest BCUT2D eigenvalue weighted by Gasteiger charge is 2.16. The van der Waals surface area contributed by atoms with Gasteiger partial charge in [0.2, 0.25) is 5.91 Å². The number of hydrogen-bond acceptors (Lipinski definition) is 3. The van der Waals surface area contributed by atoms with Crippen molar-refractivity contribution in [3.05, 3.63) is 17.7 Å². The van der Waals surface area contributed by atoms with Crippen molar-refractivity contribution in [1.82, 2.24) is 0 Å². The first-order valence-electron chi connectivity index (χ1n) is 6.00. The summed E-state index contributed by atoms with van der Waals surface area (Å²) < 4.78 is 0. The predicted molar refractivity (Wildman–Crippen MR) is 71.3 cm³/mol. The van der Waals surface area contributed by atoms with Crippen molar-refractivity contribution in [2.75, 3.05) is 29.0 Å². The van der Waals surface area contributed by atoms with Crippen molar-refractivity contribution in [3.8, 4) is 0 Å². The number of nitrogens with zero attached hydrogens (tertiary/aromatic N) is 1. The Morgan fingerprint density at radius 2 is 2.00 bits per heavy atom. The third-order valence-corrected chi connectivity index (χ3v) is 3.13. The van der Waals surface area contributed by atoms with E-state index in [1.165, 1.54) is 31.0 Å². The average molecular weight is 233 g/mol. The van der Waals surface area contributed by atoms with Crippen molar-refractivity contribution in [2.24, 2.45) is 0 Å². The second-order valence-electron chi connectivity index (χ2n) is 4.60. The lowest BCUT2D eigenvalue weighted by Crippen LogP contribution is -2.19. The summed E-state index contributed by atoms with van der Waals surface area (Å²) in [5.74, 6) is -0.0899. The summed E-state index contributed by atoms with van der Waals surface area (Å²) in [5, 5.41) is 2.77. The van der Waals surface area contributed by atoms with Crippen LogP contribution in [0.1, 0.15) is 25.3 Å². The highest BCUT2D eigenvalue weighted by atomic mass is 16.1. The Hall–Kier alpha value is -1.71. The minimum atomic E-state index is -0.0899. The number of nitrogens with one attached hydrogen (secondary N) is 1. The number of amides is 1. The molecular formula is C13H19N3O. The minimum absolute atomic E-state index is 0.0899. The zero-order valence-electron chi connectivity index (χ0n) is 10.4. The second-order valence-corrected chi connectivity index (χ2v) is 4.60. The van der Waals surface area contributed by atoms with E-state index < -0.39 is 0 Å². The second kappa shape index (κ2) is 4.65.